The van der Waals surface area contributed by atoms with E-state index < -0.39 is 5.60 Å². The minimum atomic E-state index is -0.427. The summed E-state index contributed by atoms with van der Waals surface area (Å²) in [5.74, 6) is 0.127. The number of nitrogens with one attached hydrogen (secondary N) is 3. The van der Waals surface area contributed by atoms with Gasteiger partial charge in [-0.3, -0.25) is 9.59 Å². The van der Waals surface area contributed by atoms with Crippen molar-refractivity contribution in [2.75, 3.05) is 14.1 Å². The van der Waals surface area contributed by atoms with E-state index in [4.69, 9.17) is 0 Å². The van der Waals surface area contributed by atoms with Gasteiger partial charge in [0.25, 0.3) is 5.91 Å². The number of aldehydes is 1. The third kappa shape index (κ3) is 4.59. The molecule has 1 saturated carbocycles. The van der Waals surface area contributed by atoms with Gasteiger partial charge in [0.15, 0.2) is 0 Å². The SMILES string of the molecule is CCC1C(NC)C1(C)O.CNC(=O)c1cc(C=O)cc(C(C)c2cccc3[nH]ccc23)n1. The van der Waals surface area contributed by atoms with Crippen LogP contribution in [0.2, 0.25) is 0 Å². The van der Waals surface area contributed by atoms with E-state index in [1.807, 2.05) is 51.4 Å². The molecule has 4 rings (SSSR count). The van der Waals surface area contributed by atoms with Crippen LogP contribution in [0.15, 0.2) is 42.6 Å². The van der Waals surface area contributed by atoms with Gasteiger partial charge in [-0.2, -0.15) is 0 Å². The molecule has 4 atom stereocenters. The molecule has 0 aliphatic heterocycles. The van der Waals surface area contributed by atoms with Crippen LogP contribution < -0.4 is 10.6 Å². The summed E-state index contributed by atoms with van der Waals surface area (Å²) < 4.78 is 0. The lowest BCUT2D eigenvalue weighted by atomic mass is 9.93. The molecular weight excluding hydrogens is 404 g/mol. The van der Waals surface area contributed by atoms with E-state index in [0.29, 0.717) is 23.2 Å². The number of aromatic nitrogens is 2. The second-order valence-electron chi connectivity index (χ2n) is 8.42. The van der Waals surface area contributed by atoms with Crippen molar-refractivity contribution in [3.8, 4) is 0 Å². The number of rotatable bonds is 6. The van der Waals surface area contributed by atoms with E-state index in [-0.39, 0.29) is 17.5 Å². The highest BCUT2D eigenvalue weighted by Crippen LogP contribution is 2.45. The Bertz CT molecular complexity index is 1090. The predicted molar refractivity (Wildman–Crippen MR) is 126 cm³/mol. The van der Waals surface area contributed by atoms with Crippen LogP contribution >= 0.6 is 0 Å². The molecule has 1 amide bonds. The summed E-state index contributed by atoms with van der Waals surface area (Å²) in [6.45, 7) is 6.02. The topological polar surface area (TPSA) is 107 Å². The molecule has 7 heteroatoms. The van der Waals surface area contributed by atoms with E-state index in [1.54, 1.807) is 13.1 Å². The lowest BCUT2D eigenvalue weighted by molar-refractivity contribution is 0.0958. The first-order chi connectivity index (χ1) is 15.3. The Kier molecular flexibility index (Phi) is 7.11. The van der Waals surface area contributed by atoms with Crippen molar-refractivity contribution in [2.45, 2.75) is 44.8 Å². The van der Waals surface area contributed by atoms with E-state index >= 15 is 0 Å². The van der Waals surface area contributed by atoms with Crippen LogP contribution in [0.3, 0.4) is 0 Å². The number of fused-ring (bicyclic) bond motifs is 1. The van der Waals surface area contributed by atoms with Crippen LogP contribution in [0.4, 0.5) is 0 Å². The molecule has 3 aromatic rings. The standard InChI is InChI=1S/C18H17N3O2.C7H15NO/c1-11(13-4-3-5-15-14(13)6-7-20-15)16-8-12(10-22)9-17(21-16)18(23)19-2;1-4-5-6(8-3)7(5,2)9/h3-11,20H,1-2H3,(H,19,23);5-6,8-9H,4H2,1-3H3. The smallest absolute Gasteiger partial charge is 0.269 e. The van der Waals surface area contributed by atoms with Gasteiger partial charge in [-0.05, 0) is 50.2 Å². The molecule has 170 valence electrons. The summed E-state index contributed by atoms with van der Waals surface area (Å²) in [5.41, 5.74) is 3.11. The molecule has 4 N–H and O–H groups in total. The lowest BCUT2D eigenvalue weighted by Crippen LogP contribution is -2.20. The minimum absolute atomic E-state index is 0.0437. The normalized spacial score (nSPS) is 22.6. The highest BCUT2D eigenvalue weighted by molar-refractivity contribution is 5.94. The van der Waals surface area contributed by atoms with Gasteiger partial charge in [-0.25, -0.2) is 4.98 Å². The molecule has 0 radical (unpaired) electrons. The Hall–Kier alpha value is -3.03. The van der Waals surface area contributed by atoms with E-state index in [9.17, 15) is 14.7 Å². The van der Waals surface area contributed by atoms with Crippen molar-refractivity contribution in [1.82, 2.24) is 20.6 Å². The summed E-state index contributed by atoms with van der Waals surface area (Å²) in [4.78, 5) is 30.7. The Balaban J connectivity index is 0.000000269. The number of nitrogens with zero attached hydrogens (tertiary/aromatic N) is 1. The average Bonchev–Trinajstić information content (AvgIpc) is 3.12. The summed E-state index contributed by atoms with van der Waals surface area (Å²) >= 11 is 0. The van der Waals surface area contributed by atoms with Gasteiger partial charge < -0.3 is 20.7 Å². The van der Waals surface area contributed by atoms with Crippen molar-refractivity contribution < 1.29 is 14.7 Å². The molecular formula is C25H32N4O3. The number of aliphatic hydroxyl groups is 1. The second kappa shape index (κ2) is 9.63. The summed E-state index contributed by atoms with van der Waals surface area (Å²) in [6.07, 6.45) is 3.70. The number of amides is 1. The fraction of sp³-hybridized carbons (Fsp3) is 0.400. The van der Waals surface area contributed by atoms with Crippen LogP contribution in [-0.2, 0) is 0 Å². The first kappa shape index (κ1) is 23.6. The summed E-state index contributed by atoms with van der Waals surface area (Å²) in [6, 6.07) is 11.6. The Morgan fingerprint density at radius 2 is 2.06 bits per heavy atom. The first-order valence-electron chi connectivity index (χ1n) is 10.9. The third-order valence-electron chi connectivity index (χ3n) is 6.43. The summed E-state index contributed by atoms with van der Waals surface area (Å²) in [7, 11) is 3.44. The molecule has 0 saturated heterocycles. The fourth-order valence-corrected chi connectivity index (χ4v) is 4.48. The van der Waals surface area contributed by atoms with Crippen molar-refractivity contribution in [2.24, 2.45) is 5.92 Å². The minimum Gasteiger partial charge on any atom is -0.388 e. The van der Waals surface area contributed by atoms with E-state index in [1.165, 1.54) is 6.07 Å². The molecule has 4 unspecified atom stereocenters. The van der Waals surface area contributed by atoms with Gasteiger partial charge in [-0.1, -0.05) is 26.0 Å². The number of carbonyl (C=O) groups excluding carboxylic acids is 2. The average molecular weight is 437 g/mol. The predicted octanol–water partition coefficient (Wildman–Crippen LogP) is 3.25. The zero-order valence-electron chi connectivity index (χ0n) is 19.3. The highest BCUT2D eigenvalue weighted by atomic mass is 16.3. The van der Waals surface area contributed by atoms with Crippen molar-refractivity contribution in [1.29, 1.82) is 0 Å². The molecule has 2 aromatic heterocycles. The molecule has 2 heterocycles. The molecule has 1 aromatic carbocycles. The van der Waals surface area contributed by atoms with E-state index in [0.717, 1.165) is 29.2 Å². The van der Waals surface area contributed by atoms with Gasteiger partial charge in [0, 0.05) is 53.3 Å². The van der Waals surface area contributed by atoms with Crippen molar-refractivity contribution in [3.63, 3.8) is 0 Å². The number of pyridine rings is 1. The Morgan fingerprint density at radius 1 is 1.31 bits per heavy atom. The molecule has 1 aliphatic carbocycles. The van der Waals surface area contributed by atoms with Crippen LogP contribution in [0, 0.1) is 5.92 Å². The monoisotopic (exact) mass is 436 g/mol. The third-order valence-corrected chi connectivity index (χ3v) is 6.43. The molecule has 7 nitrogen and oxygen atoms in total. The van der Waals surface area contributed by atoms with Gasteiger partial charge in [0.2, 0.25) is 0 Å². The first-order valence-corrected chi connectivity index (χ1v) is 10.9. The van der Waals surface area contributed by atoms with Crippen LogP contribution in [0.5, 0.6) is 0 Å². The van der Waals surface area contributed by atoms with Gasteiger partial charge >= 0.3 is 0 Å². The number of benzene rings is 1. The van der Waals surface area contributed by atoms with Gasteiger partial charge in [0.1, 0.15) is 12.0 Å². The molecule has 32 heavy (non-hydrogen) atoms. The molecule has 0 spiro atoms. The van der Waals surface area contributed by atoms with Crippen molar-refractivity contribution >= 4 is 23.1 Å². The molecule has 0 bridgehead atoms. The fourth-order valence-electron chi connectivity index (χ4n) is 4.48. The number of hydrogen-bond acceptors (Lipinski definition) is 5. The maximum Gasteiger partial charge on any atom is 0.269 e. The lowest BCUT2D eigenvalue weighted by Gasteiger charge is -2.14. The highest BCUT2D eigenvalue weighted by Gasteiger charge is 2.58. The Labute approximate surface area is 188 Å². The van der Waals surface area contributed by atoms with Crippen LogP contribution in [0.25, 0.3) is 10.9 Å². The zero-order chi connectivity index (χ0) is 23.5. The quantitative estimate of drug-likeness (QED) is 0.444. The summed E-state index contributed by atoms with van der Waals surface area (Å²) in [5, 5.41) is 16.2. The number of H-pyrrole nitrogens is 1. The van der Waals surface area contributed by atoms with Crippen LogP contribution in [-0.4, -0.2) is 53.0 Å². The van der Waals surface area contributed by atoms with Gasteiger partial charge in [-0.15, -0.1) is 0 Å². The molecule has 1 fully saturated rings. The maximum atomic E-state index is 11.9. The number of hydrogen-bond donors (Lipinski definition) is 4. The largest absolute Gasteiger partial charge is 0.388 e. The number of aromatic amines is 1. The van der Waals surface area contributed by atoms with E-state index in [2.05, 4.69) is 27.5 Å². The second-order valence-corrected chi connectivity index (χ2v) is 8.42. The molecule has 1 aliphatic rings. The Morgan fingerprint density at radius 3 is 2.62 bits per heavy atom. The zero-order valence-corrected chi connectivity index (χ0v) is 19.3. The maximum absolute atomic E-state index is 11.9. The number of carbonyl (C=O) groups is 2. The van der Waals surface area contributed by atoms with Gasteiger partial charge in [0.05, 0.1) is 5.60 Å². The number of likely N-dealkylation sites (N-methyl/N-ethyl adjacent to an activating group) is 1. The van der Waals surface area contributed by atoms with Crippen LogP contribution in [0.1, 0.15) is 65.2 Å². The van der Waals surface area contributed by atoms with Crippen molar-refractivity contribution in [3.05, 3.63) is 65.1 Å².